The Labute approximate surface area is 126 Å². The van der Waals surface area contributed by atoms with Crippen LogP contribution in [0.15, 0.2) is 18.2 Å². The van der Waals surface area contributed by atoms with Crippen LogP contribution in [0.4, 0.5) is 0 Å². The lowest BCUT2D eigenvalue weighted by molar-refractivity contribution is 0.0743. The predicted octanol–water partition coefficient (Wildman–Crippen LogP) is 2.23. The fourth-order valence-corrected chi connectivity index (χ4v) is 2.71. The third kappa shape index (κ3) is 3.25. The second-order valence-corrected chi connectivity index (χ2v) is 5.33. The van der Waals surface area contributed by atoms with E-state index in [1.165, 1.54) is 0 Å². The Kier molecular flexibility index (Phi) is 5.84. The van der Waals surface area contributed by atoms with E-state index >= 15 is 0 Å². The summed E-state index contributed by atoms with van der Waals surface area (Å²) in [5.74, 6) is 1.25. The molecule has 20 heavy (non-hydrogen) atoms. The van der Waals surface area contributed by atoms with Crippen molar-refractivity contribution in [3.05, 3.63) is 29.3 Å². The third-order valence-corrected chi connectivity index (χ3v) is 3.91. The highest BCUT2D eigenvalue weighted by molar-refractivity contribution is 5.95. The first-order chi connectivity index (χ1) is 9.06. The maximum atomic E-state index is 12.5. The summed E-state index contributed by atoms with van der Waals surface area (Å²) in [6.45, 7) is 5.45. The van der Waals surface area contributed by atoms with Gasteiger partial charge in [0, 0.05) is 18.2 Å². The van der Waals surface area contributed by atoms with Crippen LogP contribution in [0.25, 0.3) is 0 Å². The molecule has 2 unspecified atom stereocenters. The van der Waals surface area contributed by atoms with Gasteiger partial charge in [0.25, 0.3) is 5.91 Å². The smallest absolute Gasteiger partial charge is 0.254 e. The molecule has 4 nitrogen and oxygen atoms in total. The van der Waals surface area contributed by atoms with Crippen LogP contribution in [0.3, 0.4) is 0 Å². The van der Waals surface area contributed by atoms with E-state index in [-0.39, 0.29) is 24.4 Å². The zero-order valence-corrected chi connectivity index (χ0v) is 13.1. The third-order valence-electron chi connectivity index (χ3n) is 3.91. The molecule has 0 spiro atoms. The van der Waals surface area contributed by atoms with Crippen LogP contribution in [-0.4, -0.2) is 37.0 Å². The first-order valence-electron chi connectivity index (χ1n) is 6.72. The number of nitrogens with zero attached hydrogens (tertiary/aromatic N) is 1. The number of halogens is 1. The fourth-order valence-electron chi connectivity index (χ4n) is 2.71. The number of carbonyl (C=O) groups is 1. The van der Waals surface area contributed by atoms with Crippen molar-refractivity contribution in [2.24, 2.45) is 11.7 Å². The van der Waals surface area contributed by atoms with Gasteiger partial charge in [-0.25, -0.2) is 0 Å². The Morgan fingerprint density at radius 1 is 1.50 bits per heavy atom. The minimum atomic E-state index is 0. The molecule has 1 aliphatic heterocycles. The average molecular weight is 299 g/mol. The number of likely N-dealkylation sites (tertiary alicyclic amines) is 1. The molecule has 0 aromatic heterocycles. The largest absolute Gasteiger partial charge is 0.496 e. The normalized spacial score (nSPS) is 21.5. The van der Waals surface area contributed by atoms with Crippen molar-refractivity contribution in [2.75, 3.05) is 20.2 Å². The van der Waals surface area contributed by atoms with Crippen LogP contribution in [-0.2, 0) is 0 Å². The van der Waals surface area contributed by atoms with Crippen LogP contribution in [0.2, 0.25) is 0 Å². The summed E-state index contributed by atoms with van der Waals surface area (Å²) in [5.41, 5.74) is 7.43. The standard InChI is InChI=1S/C15H22N2O2.ClH/c1-10-4-5-13(7-14(10)19-3)15(18)17-9-12(8-16)6-11(17)2;/h4-5,7,11-12H,6,8-9,16H2,1-3H3;1H. The van der Waals surface area contributed by atoms with Gasteiger partial charge >= 0.3 is 0 Å². The molecule has 2 rings (SSSR count). The molecule has 0 bridgehead atoms. The molecule has 1 fully saturated rings. The molecule has 1 amide bonds. The number of amides is 1. The highest BCUT2D eigenvalue weighted by atomic mass is 35.5. The predicted molar refractivity (Wildman–Crippen MR) is 82.6 cm³/mol. The fraction of sp³-hybridized carbons (Fsp3) is 0.533. The zero-order valence-electron chi connectivity index (χ0n) is 12.3. The monoisotopic (exact) mass is 298 g/mol. The second-order valence-electron chi connectivity index (χ2n) is 5.33. The quantitative estimate of drug-likeness (QED) is 0.931. The van der Waals surface area contributed by atoms with Crippen molar-refractivity contribution < 1.29 is 9.53 Å². The Balaban J connectivity index is 0.00000200. The zero-order chi connectivity index (χ0) is 14.0. The van der Waals surface area contributed by atoms with Gasteiger partial charge in [0.2, 0.25) is 0 Å². The summed E-state index contributed by atoms with van der Waals surface area (Å²) in [6, 6.07) is 5.86. The number of rotatable bonds is 3. The molecule has 2 atom stereocenters. The van der Waals surface area contributed by atoms with Gasteiger partial charge in [0.05, 0.1) is 7.11 Å². The number of methoxy groups -OCH3 is 1. The number of ether oxygens (including phenoxy) is 1. The van der Waals surface area contributed by atoms with Crippen LogP contribution in [0.1, 0.15) is 29.3 Å². The van der Waals surface area contributed by atoms with E-state index in [0.29, 0.717) is 18.0 Å². The molecule has 1 heterocycles. The van der Waals surface area contributed by atoms with E-state index in [2.05, 4.69) is 6.92 Å². The van der Waals surface area contributed by atoms with Gasteiger partial charge < -0.3 is 15.4 Å². The van der Waals surface area contributed by atoms with Crippen LogP contribution < -0.4 is 10.5 Å². The van der Waals surface area contributed by atoms with Gasteiger partial charge in [-0.1, -0.05) is 6.07 Å². The minimum Gasteiger partial charge on any atom is -0.496 e. The summed E-state index contributed by atoms with van der Waals surface area (Å²) < 4.78 is 5.28. The van der Waals surface area contributed by atoms with Crippen molar-refractivity contribution in [3.8, 4) is 5.75 Å². The molecule has 0 saturated carbocycles. The molecule has 1 aromatic rings. The Morgan fingerprint density at radius 2 is 2.20 bits per heavy atom. The van der Waals surface area contributed by atoms with E-state index in [4.69, 9.17) is 10.5 Å². The van der Waals surface area contributed by atoms with E-state index in [0.717, 1.165) is 24.3 Å². The SMILES string of the molecule is COc1cc(C(=O)N2CC(CN)CC2C)ccc1C.Cl. The van der Waals surface area contributed by atoms with Crippen molar-refractivity contribution in [1.29, 1.82) is 0 Å². The molecule has 112 valence electrons. The van der Waals surface area contributed by atoms with Crippen LogP contribution in [0, 0.1) is 12.8 Å². The molecule has 1 aliphatic rings. The van der Waals surface area contributed by atoms with Gasteiger partial charge in [-0.3, -0.25) is 4.79 Å². The average Bonchev–Trinajstić information content (AvgIpc) is 2.80. The van der Waals surface area contributed by atoms with Crippen molar-refractivity contribution in [3.63, 3.8) is 0 Å². The van der Waals surface area contributed by atoms with Crippen LogP contribution in [0.5, 0.6) is 5.75 Å². The minimum absolute atomic E-state index is 0. The van der Waals surface area contributed by atoms with Crippen molar-refractivity contribution in [1.82, 2.24) is 4.90 Å². The van der Waals surface area contributed by atoms with Crippen molar-refractivity contribution >= 4 is 18.3 Å². The first-order valence-corrected chi connectivity index (χ1v) is 6.72. The summed E-state index contributed by atoms with van der Waals surface area (Å²) in [7, 11) is 1.62. The van der Waals surface area contributed by atoms with Crippen LogP contribution >= 0.6 is 12.4 Å². The summed E-state index contributed by atoms with van der Waals surface area (Å²) >= 11 is 0. The Morgan fingerprint density at radius 3 is 2.75 bits per heavy atom. The number of nitrogens with two attached hydrogens (primary N) is 1. The number of hydrogen-bond donors (Lipinski definition) is 1. The molecular weight excluding hydrogens is 276 g/mol. The number of carbonyl (C=O) groups excluding carboxylic acids is 1. The second kappa shape index (κ2) is 6.95. The molecular formula is C15H23ClN2O2. The van der Waals surface area contributed by atoms with Gasteiger partial charge in [0.1, 0.15) is 5.75 Å². The number of aryl methyl sites for hydroxylation is 1. The Bertz CT molecular complexity index is 479. The van der Waals surface area contributed by atoms with Gasteiger partial charge in [-0.15, -0.1) is 12.4 Å². The first kappa shape index (κ1) is 16.8. The molecule has 2 N–H and O–H groups in total. The summed E-state index contributed by atoms with van der Waals surface area (Å²) in [5, 5.41) is 0. The summed E-state index contributed by atoms with van der Waals surface area (Å²) in [6.07, 6.45) is 0.991. The molecule has 5 heteroatoms. The van der Waals surface area contributed by atoms with E-state index < -0.39 is 0 Å². The Hall–Kier alpha value is -1.26. The lowest BCUT2D eigenvalue weighted by atomic mass is 10.1. The number of hydrogen-bond acceptors (Lipinski definition) is 3. The topological polar surface area (TPSA) is 55.6 Å². The summed E-state index contributed by atoms with van der Waals surface area (Å²) in [4.78, 5) is 14.4. The maximum absolute atomic E-state index is 12.5. The molecule has 0 aliphatic carbocycles. The van der Waals surface area contributed by atoms with E-state index in [9.17, 15) is 4.79 Å². The maximum Gasteiger partial charge on any atom is 0.254 e. The van der Waals surface area contributed by atoms with Gasteiger partial charge in [0.15, 0.2) is 0 Å². The number of benzene rings is 1. The molecule has 0 radical (unpaired) electrons. The molecule has 1 aromatic carbocycles. The highest BCUT2D eigenvalue weighted by Gasteiger charge is 2.32. The molecule has 1 saturated heterocycles. The highest BCUT2D eigenvalue weighted by Crippen LogP contribution is 2.26. The van der Waals surface area contributed by atoms with Crippen molar-refractivity contribution in [2.45, 2.75) is 26.3 Å². The van der Waals surface area contributed by atoms with E-state index in [1.807, 2.05) is 30.0 Å². The van der Waals surface area contributed by atoms with Gasteiger partial charge in [-0.05, 0) is 50.4 Å². The lowest BCUT2D eigenvalue weighted by Crippen LogP contribution is -2.34. The lowest BCUT2D eigenvalue weighted by Gasteiger charge is -2.22. The van der Waals surface area contributed by atoms with Gasteiger partial charge in [-0.2, -0.15) is 0 Å². The van der Waals surface area contributed by atoms with E-state index in [1.54, 1.807) is 7.11 Å².